The highest BCUT2D eigenvalue weighted by Crippen LogP contribution is 2.24. The number of carbonyl (C=O) groups excluding carboxylic acids is 1. The third kappa shape index (κ3) is 4.61. The molecule has 0 bridgehead atoms. The van der Waals surface area contributed by atoms with Crippen LogP contribution in [-0.4, -0.2) is 23.2 Å². The van der Waals surface area contributed by atoms with Crippen molar-refractivity contribution in [3.63, 3.8) is 0 Å². The number of nitrogens with one attached hydrogen (secondary N) is 2. The van der Waals surface area contributed by atoms with E-state index < -0.39 is 0 Å². The summed E-state index contributed by atoms with van der Waals surface area (Å²) in [5, 5.41) is 7.87. The third-order valence-electron chi connectivity index (χ3n) is 4.50. The van der Waals surface area contributed by atoms with Gasteiger partial charge < -0.3 is 9.88 Å². The van der Waals surface area contributed by atoms with E-state index in [1.165, 1.54) is 0 Å². The standard InChI is InChI=1S/C22H23ClN4O/c1-15-9-10-20(12-21(15)23)27-16(2)11-18(17(27)3)13-25-26-22(28)14-24-19-7-5-4-6-8-19/h4-13,24H,14H2,1-3H3,(H,26,28)/b25-13-. The Morgan fingerprint density at radius 2 is 1.86 bits per heavy atom. The second-order valence-corrected chi connectivity index (χ2v) is 7.02. The number of rotatable bonds is 6. The molecule has 1 aromatic heterocycles. The second-order valence-electron chi connectivity index (χ2n) is 6.61. The van der Waals surface area contributed by atoms with Crippen LogP contribution in [-0.2, 0) is 4.79 Å². The van der Waals surface area contributed by atoms with Crippen LogP contribution in [0.5, 0.6) is 0 Å². The Hall–Kier alpha value is -3.05. The Kier molecular flexibility index (Phi) is 6.16. The van der Waals surface area contributed by atoms with Crippen molar-refractivity contribution in [2.24, 2.45) is 5.10 Å². The number of hydrogen-bond acceptors (Lipinski definition) is 3. The summed E-state index contributed by atoms with van der Waals surface area (Å²) in [4.78, 5) is 11.9. The molecule has 28 heavy (non-hydrogen) atoms. The molecule has 3 rings (SSSR count). The number of aromatic nitrogens is 1. The Morgan fingerprint density at radius 1 is 1.11 bits per heavy atom. The van der Waals surface area contributed by atoms with E-state index in [4.69, 9.17) is 11.6 Å². The molecule has 0 fully saturated rings. The van der Waals surface area contributed by atoms with Crippen molar-refractivity contribution < 1.29 is 4.79 Å². The van der Waals surface area contributed by atoms with Crippen molar-refractivity contribution in [3.8, 4) is 5.69 Å². The average Bonchev–Trinajstić information content (AvgIpc) is 2.97. The van der Waals surface area contributed by atoms with Gasteiger partial charge in [0.25, 0.3) is 5.91 Å². The number of carbonyl (C=O) groups is 1. The first-order chi connectivity index (χ1) is 13.5. The lowest BCUT2D eigenvalue weighted by molar-refractivity contribution is -0.119. The summed E-state index contributed by atoms with van der Waals surface area (Å²) in [6.45, 7) is 6.18. The number of anilines is 1. The van der Waals surface area contributed by atoms with Crippen LogP contribution in [0.1, 0.15) is 22.5 Å². The molecule has 0 radical (unpaired) electrons. The van der Waals surface area contributed by atoms with E-state index in [0.29, 0.717) is 0 Å². The SMILES string of the molecule is Cc1ccc(-n2c(C)cc(/C=N\NC(=O)CNc3ccccc3)c2C)cc1Cl. The zero-order chi connectivity index (χ0) is 20.1. The first-order valence-corrected chi connectivity index (χ1v) is 9.40. The highest BCUT2D eigenvalue weighted by molar-refractivity contribution is 6.31. The summed E-state index contributed by atoms with van der Waals surface area (Å²) >= 11 is 6.27. The number of nitrogens with zero attached hydrogens (tertiary/aromatic N) is 2. The summed E-state index contributed by atoms with van der Waals surface area (Å²) < 4.78 is 2.12. The Morgan fingerprint density at radius 3 is 2.57 bits per heavy atom. The Labute approximate surface area is 170 Å². The van der Waals surface area contributed by atoms with E-state index in [0.717, 1.165) is 38.9 Å². The Balaban J connectivity index is 1.66. The minimum Gasteiger partial charge on any atom is -0.376 e. The van der Waals surface area contributed by atoms with Gasteiger partial charge in [0.15, 0.2) is 0 Å². The summed E-state index contributed by atoms with van der Waals surface area (Å²) in [6.07, 6.45) is 1.66. The fourth-order valence-electron chi connectivity index (χ4n) is 2.99. The van der Waals surface area contributed by atoms with Crippen molar-refractivity contribution in [1.82, 2.24) is 9.99 Å². The van der Waals surface area contributed by atoms with Gasteiger partial charge in [0.05, 0.1) is 12.8 Å². The molecule has 6 heteroatoms. The van der Waals surface area contributed by atoms with Crippen LogP contribution < -0.4 is 10.7 Å². The predicted octanol–water partition coefficient (Wildman–Crippen LogP) is 4.62. The van der Waals surface area contributed by atoms with Gasteiger partial charge in [-0.15, -0.1) is 0 Å². The highest BCUT2D eigenvalue weighted by atomic mass is 35.5. The number of para-hydroxylation sites is 1. The minimum absolute atomic E-state index is 0.155. The van der Waals surface area contributed by atoms with Gasteiger partial charge >= 0.3 is 0 Å². The second kappa shape index (κ2) is 8.76. The summed E-state index contributed by atoms with van der Waals surface area (Å²) in [7, 11) is 0. The minimum atomic E-state index is -0.209. The lowest BCUT2D eigenvalue weighted by Gasteiger charge is -2.11. The molecule has 0 aliphatic rings. The van der Waals surface area contributed by atoms with Crippen LogP contribution in [0.15, 0.2) is 59.7 Å². The van der Waals surface area contributed by atoms with E-state index in [9.17, 15) is 4.79 Å². The van der Waals surface area contributed by atoms with Crippen LogP contribution in [0.4, 0.5) is 5.69 Å². The molecule has 3 aromatic rings. The highest BCUT2D eigenvalue weighted by Gasteiger charge is 2.10. The fourth-order valence-corrected chi connectivity index (χ4v) is 3.16. The maximum absolute atomic E-state index is 11.9. The molecular formula is C22H23ClN4O. The van der Waals surface area contributed by atoms with E-state index in [-0.39, 0.29) is 12.5 Å². The first kappa shape index (κ1) is 19.7. The Bertz CT molecular complexity index is 1010. The molecule has 0 atom stereocenters. The molecule has 5 nitrogen and oxygen atoms in total. The molecule has 0 spiro atoms. The zero-order valence-corrected chi connectivity index (χ0v) is 16.9. The summed E-state index contributed by atoms with van der Waals surface area (Å²) in [6, 6.07) is 17.6. The fraction of sp³-hybridized carbons (Fsp3) is 0.182. The number of amides is 1. The van der Waals surface area contributed by atoms with E-state index >= 15 is 0 Å². The van der Waals surface area contributed by atoms with Crippen LogP contribution in [0.3, 0.4) is 0 Å². The number of aryl methyl sites for hydroxylation is 2. The number of hydrogen-bond donors (Lipinski definition) is 2. The van der Waals surface area contributed by atoms with Crippen LogP contribution in [0.25, 0.3) is 5.69 Å². The van der Waals surface area contributed by atoms with Gasteiger partial charge in [0.2, 0.25) is 0 Å². The van der Waals surface area contributed by atoms with E-state index in [1.807, 2.05) is 75.4 Å². The van der Waals surface area contributed by atoms with Gasteiger partial charge in [-0.1, -0.05) is 35.9 Å². The lowest BCUT2D eigenvalue weighted by atomic mass is 10.2. The monoisotopic (exact) mass is 394 g/mol. The maximum Gasteiger partial charge on any atom is 0.259 e. The van der Waals surface area contributed by atoms with E-state index in [2.05, 4.69) is 20.4 Å². The van der Waals surface area contributed by atoms with Gasteiger partial charge in [-0.2, -0.15) is 5.10 Å². The van der Waals surface area contributed by atoms with Gasteiger partial charge in [0, 0.05) is 33.3 Å². The van der Waals surface area contributed by atoms with Gasteiger partial charge in [0.1, 0.15) is 0 Å². The molecule has 1 heterocycles. The molecule has 0 saturated carbocycles. The molecular weight excluding hydrogens is 372 g/mol. The summed E-state index contributed by atoms with van der Waals surface area (Å²) in [5.74, 6) is -0.209. The van der Waals surface area contributed by atoms with Gasteiger partial charge in [-0.25, -0.2) is 5.43 Å². The van der Waals surface area contributed by atoms with Crippen molar-refractivity contribution in [1.29, 1.82) is 0 Å². The summed E-state index contributed by atoms with van der Waals surface area (Å²) in [5.41, 5.74) is 8.51. The quantitative estimate of drug-likeness (QED) is 0.473. The normalized spacial score (nSPS) is 11.0. The molecule has 1 amide bonds. The largest absolute Gasteiger partial charge is 0.376 e. The molecule has 144 valence electrons. The van der Waals surface area contributed by atoms with Crippen molar-refractivity contribution in [2.45, 2.75) is 20.8 Å². The van der Waals surface area contributed by atoms with Crippen LogP contribution in [0.2, 0.25) is 5.02 Å². The molecule has 0 unspecified atom stereocenters. The van der Waals surface area contributed by atoms with Crippen LogP contribution in [0, 0.1) is 20.8 Å². The van der Waals surface area contributed by atoms with Crippen molar-refractivity contribution in [3.05, 3.63) is 82.1 Å². The molecule has 2 N–H and O–H groups in total. The third-order valence-corrected chi connectivity index (χ3v) is 4.91. The lowest BCUT2D eigenvalue weighted by Crippen LogP contribution is -2.25. The molecule has 0 aliphatic carbocycles. The maximum atomic E-state index is 11.9. The first-order valence-electron chi connectivity index (χ1n) is 9.02. The number of halogens is 1. The van der Waals surface area contributed by atoms with E-state index in [1.54, 1.807) is 6.21 Å². The smallest absolute Gasteiger partial charge is 0.259 e. The number of benzene rings is 2. The topological polar surface area (TPSA) is 58.4 Å². The molecule has 0 aliphatic heterocycles. The molecule has 0 saturated heterocycles. The van der Waals surface area contributed by atoms with Gasteiger partial charge in [-0.05, 0) is 56.7 Å². The average molecular weight is 395 g/mol. The van der Waals surface area contributed by atoms with Crippen molar-refractivity contribution >= 4 is 29.4 Å². The van der Waals surface area contributed by atoms with Gasteiger partial charge in [-0.3, -0.25) is 4.79 Å². The van der Waals surface area contributed by atoms with Crippen LogP contribution >= 0.6 is 11.6 Å². The molecule has 2 aromatic carbocycles. The van der Waals surface area contributed by atoms with Crippen molar-refractivity contribution in [2.75, 3.05) is 11.9 Å². The zero-order valence-electron chi connectivity index (χ0n) is 16.2. The predicted molar refractivity (Wildman–Crippen MR) is 116 cm³/mol. The number of hydrazone groups is 1.